The summed E-state index contributed by atoms with van der Waals surface area (Å²) < 4.78 is 7.37. The van der Waals surface area contributed by atoms with Crippen LogP contribution < -0.4 is 0 Å². The van der Waals surface area contributed by atoms with Crippen molar-refractivity contribution in [3.63, 3.8) is 0 Å². The van der Waals surface area contributed by atoms with Crippen LogP contribution in [0.15, 0.2) is 29.4 Å². The Labute approximate surface area is 150 Å². The number of nitrogens with zero attached hydrogens (tertiary/aromatic N) is 4. The average Bonchev–Trinajstić information content (AvgIpc) is 3.03. The van der Waals surface area contributed by atoms with Crippen molar-refractivity contribution < 1.29 is 9.53 Å². The first-order chi connectivity index (χ1) is 12.1. The molecule has 0 bridgehead atoms. The molecular formula is C18H20N4O2S. The summed E-state index contributed by atoms with van der Waals surface area (Å²) in [5, 5.41) is 10.6. The molecule has 1 saturated heterocycles. The monoisotopic (exact) mass is 356 g/mol. The molecule has 3 heterocycles. The summed E-state index contributed by atoms with van der Waals surface area (Å²) >= 11 is 1.45. The van der Waals surface area contributed by atoms with Gasteiger partial charge in [0.25, 0.3) is 0 Å². The Morgan fingerprint density at radius 1 is 1.20 bits per heavy atom. The van der Waals surface area contributed by atoms with Crippen LogP contribution in [0.2, 0.25) is 0 Å². The minimum absolute atomic E-state index is 0.123. The summed E-state index contributed by atoms with van der Waals surface area (Å²) in [5.74, 6) is 0.486. The summed E-state index contributed by atoms with van der Waals surface area (Å²) in [6.07, 6.45) is 0. The van der Waals surface area contributed by atoms with Crippen LogP contribution in [0.3, 0.4) is 0 Å². The largest absolute Gasteiger partial charge is 0.378 e. The lowest BCUT2D eigenvalue weighted by Crippen LogP contribution is -2.41. The molecule has 6 nitrogen and oxygen atoms in total. The number of aryl methyl sites for hydroxylation is 2. The van der Waals surface area contributed by atoms with Crippen LogP contribution in [-0.2, 0) is 9.53 Å². The van der Waals surface area contributed by atoms with Gasteiger partial charge in [-0.3, -0.25) is 9.20 Å². The predicted octanol–water partition coefficient (Wildman–Crippen LogP) is 2.45. The van der Waals surface area contributed by atoms with Gasteiger partial charge in [0, 0.05) is 18.5 Å². The number of pyridine rings is 1. The van der Waals surface area contributed by atoms with Crippen LogP contribution in [0.1, 0.15) is 11.1 Å². The van der Waals surface area contributed by atoms with Gasteiger partial charge >= 0.3 is 0 Å². The van der Waals surface area contributed by atoms with E-state index in [1.54, 1.807) is 0 Å². The van der Waals surface area contributed by atoms with E-state index in [1.807, 2.05) is 11.0 Å². The fourth-order valence-electron chi connectivity index (χ4n) is 3.25. The minimum Gasteiger partial charge on any atom is -0.378 e. The number of para-hydroxylation sites is 1. The van der Waals surface area contributed by atoms with Crippen LogP contribution in [0.4, 0.5) is 0 Å². The molecule has 0 saturated carbocycles. The lowest BCUT2D eigenvalue weighted by molar-refractivity contribution is -0.132. The molecule has 0 radical (unpaired) electrons. The Balaban J connectivity index is 1.67. The zero-order valence-electron chi connectivity index (χ0n) is 14.4. The van der Waals surface area contributed by atoms with E-state index in [0.29, 0.717) is 32.1 Å². The molecule has 0 atom stereocenters. The highest BCUT2D eigenvalue weighted by Crippen LogP contribution is 2.28. The van der Waals surface area contributed by atoms with E-state index in [1.165, 1.54) is 28.3 Å². The van der Waals surface area contributed by atoms with E-state index in [2.05, 4.69) is 46.6 Å². The topological polar surface area (TPSA) is 59.7 Å². The lowest BCUT2D eigenvalue weighted by Gasteiger charge is -2.26. The van der Waals surface area contributed by atoms with Crippen molar-refractivity contribution in [3.05, 3.63) is 35.4 Å². The molecule has 7 heteroatoms. The number of thioether (sulfide) groups is 1. The maximum Gasteiger partial charge on any atom is 0.233 e. The summed E-state index contributed by atoms with van der Waals surface area (Å²) in [6, 6.07) is 8.32. The third-order valence-electron chi connectivity index (χ3n) is 4.58. The van der Waals surface area contributed by atoms with Gasteiger partial charge in [0.05, 0.1) is 24.5 Å². The van der Waals surface area contributed by atoms with Crippen LogP contribution in [0.25, 0.3) is 16.6 Å². The highest BCUT2D eigenvalue weighted by molar-refractivity contribution is 7.99. The van der Waals surface area contributed by atoms with Crippen molar-refractivity contribution in [3.8, 4) is 0 Å². The third-order valence-corrected chi connectivity index (χ3v) is 5.49. The predicted molar refractivity (Wildman–Crippen MR) is 98.1 cm³/mol. The number of amides is 1. The minimum atomic E-state index is 0.123. The van der Waals surface area contributed by atoms with Gasteiger partial charge in [0.15, 0.2) is 10.8 Å². The van der Waals surface area contributed by atoms with E-state index in [0.717, 1.165) is 16.3 Å². The van der Waals surface area contributed by atoms with Crippen molar-refractivity contribution in [2.45, 2.75) is 19.0 Å². The van der Waals surface area contributed by atoms with Gasteiger partial charge < -0.3 is 9.64 Å². The number of carbonyl (C=O) groups is 1. The van der Waals surface area contributed by atoms with Gasteiger partial charge in [0.1, 0.15) is 0 Å². The van der Waals surface area contributed by atoms with E-state index >= 15 is 0 Å². The number of morpholine rings is 1. The van der Waals surface area contributed by atoms with Gasteiger partial charge in [-0.15, -0.1) is 10.2 Å². The Morgan fingerprint density at radius 3 is 2.80 bits per heavy atom. The zero-order chi connectivity index (χ0) is 17.4. The number of hydrogen-bond donors (Lipinski definition) is 0. The molecule has 1 fully saturated rings. The van der Waals surface area contributed by atoms with Crippen molar-refractivity contribution in [1.29, 1.82) is 0 Å². The van der Waals surface area contributed by atoms with Crippen LogP contribution in [0, 0.1) is 13.8 Å². The summed E-state index contributed by atoms with van der Waals surface area (Å²) in [5.41, 5.74) is 4.29. The SMILES string of the molecule is Cc1cc2nnc(SCC(=O)N3CCOCC3)n2c2c(C)cccc12. The number of carbonyl (C=O) groups excluding carboxylic acids is 1. The molecule has 0 spiro atoms. The van der Waals surface area contributed by atoms with Crippen LogP contribution >= 0.6 is 11.8 Å². The first-order valence-electron chi connectivity index (χ1n) is 8.37. The Kier molecular flexibility index (Phi) is 4.35. The quantitative estimate of drug-likeness (QED) is 0.675. The van der Waals surface area contributed by atoms with Crippen LogP contribution in [-0.4, -0.2) is 57.5 Å². The maximum absolute atomic E-state index is 12.4. The number of ether oxygens (including phenoxy) is 1. The van der Waals surface area contributed by atoms with Crippen molar-refractivity contribution in [1.82, 2.24) is 19.5 Å². The Bertz CT molecular complexity index is 947. The van der Waals surface area contributed by atoms with Crippen LogP contribution in [0.5, 0.6) is 0 Å². The maximum atomic E-state index is 12.4. The second kappa shape index (κ2) is 6.65. The van der Waals surface area contributed by atoms with Crippen molar-refractivity contribution >= 4 is 34.2 Å². The van der Waals surface area contributed by atoms with Crippen molar-refractivity contribution in [2.75, 3.05) is 32.1 Å². The number of fused-ring (bicyclic) bond motifs is 3. The molecule has 1 aliphatic rings. The first-order valence-corrected chi connectivity index (χ1v) is 9.36. The average molecular weight is 356 g/mol. The summed E-state index contributed by atoms with van der Waals surface area (Å²) in [4.78, 5) is 14.3. The van der Waals surface area contributed by atoms with E-state index in [4.69, 9.17) is 4.74 Å². The van der Waals surface area contributed by atoms with Gasteiger partial charge in [-0.05, 0) is 31.0 Å². The van der Waals surface area contributed by atoms with Gasteiger partial charge in [0.2, 0.25) is 5.91 Å². The summed E-state index contributed by atoms with van der Waals surface area (Å²) in [7, 11) is 0. The summed E-state index contributed by atoms with van der Waals surface area (Å²) in [6.45, 7) is 6.75. The molecule has 0 unspecified atom stereocenters. The molecule has 1 amide bonds. The first kappa shape index (κ1) is 16.4. The fourth-order valence-corrected chi connectivity index (χ4v) is 4.10. The number of rotatable bonds is 3. The molecular weight excluding hydrogens is 336 g/mol. The third kappa shape index (κ3) is 2.98. The number of benzene rings is 1. The van der Waals surface area contributed by atoms with E-state index in [9.17, 15) is 4.79 Å². The molecule has 3 aromatic rings. The van der Waals surface area contributed by atoms with Crippen molar-refractivity contribution in [2.24, 2.45) is 0 Å². The molecule has 0 N–H and O–H groups in total. The van der Waals surface area contributed by atoms with Gasteiger partial charge in [-0.1, -0.05) is 30.0 Å². The second-order valence-corrected chi connectivity index (χ2v) is 7.20. The van der Waals surface area contributed by atoms with Gasteiger partial charge in [-0.25, -0.2) is 0 Å². The Morgan fingerprint density at radius 2 is 2.00 bits per heavy atom. The smallest absolute Gasteiger partial charge is 0.233 e. The Hall–Kier alpha value is -2.12. The highest BCUT2D eigenvalue weighted by Gasteiger charge is 2.19. The number of aromatic nitrogens is 3. The zero-order valence-corrected chi connectivity index (χ0v) is 15.2. The van der Waals surface area contributed by atoms with E-state index in [-0.39, 0.29) is 5.91 Å². The second-order valence-electron chi connectivity index (χ2n) is 6.26. The molecule has 25 heavy (non-hydrogen) atoms. The standard InChI is InChI=1S/C18H20N4O2S/c1-12-4-3-5-14-13(2)10-15-19-20-18(22(15)17(12)14)25-11-16(23)21-6-8-24-9-7-21/h3-5,10H,6-9,11H2,1-2H3. The highest BCUT2D eigenvalue weighted by atomic mass is 32.2. The molecule has 4 rings (SSSR count). The lowest BCUT2D eigenvalue weighted by atomic mass is 10.1. The molecule has 130 valence electrons. The molecule has 0 aliphatic carbocycles. The molecule has 1 aliphatic heterocycles. The van der Waals surface area contributed by atoms with E-state index < -0.39 is 0 Å². The molecule has 1 aromatic carbocycles. The normalized spacial score (nSPS) is 15.2. The van der Waals surface area contributed by atoms with Gasteiger partial charge in [-0.2, -0.15) is 0 Å². The molecule has 2 aromatic heterocycles. The fraction of sp³-hybridized carbons (Fsp3) is 0.389. The number of hydrogen-bond acceptors (Lipinski definition) is 5.